The molecule has 0 bridgehead atoms. The lowest BCUT2D eigenvalue weighted by atomic mass is 10.2. The summed E-state index contributed by atoms with van der Waals surface area (Å²) < 4.78 is 0. The van der Waals surface area contributed by atoms with Crippen LogP contribution in [0, 0.1) is 18.3 Å². The lowest BCUT2D eigenvalue weighted by Gasteiger charge is -2.35. The molecule has 1 atom stereocenters. The van der Waals surface area contributed by atoms with Gasteiger partial charge in [-0.25, -0.2) is 15.0 Å². The molecule has 1 amide bonds. The van der Waals surface area contributed by atoms with Gasteiger partial charge in [0, 0.05) is 46.4 Å². The molecule has 11 heteroatoms. The molecule has 1 saturated heterocycles. The predicted molar refractivity (Wildman–Crippen MR) is 126 cm³/mol. The van der Waals surface area contributed by atoms with Crippen molar-refractivity contribution >= 4 is 39.6 Å². The molecule has 0 saturated carbocycles. The van der Waals surface area contributed by atoms with Gasteiger partial charge in [0.15, 0.2) is 5.13 Å². The first kappa shape index (κ1) is 21.6. The van der Waals surface area contributed by atoms with E-state index >= 15 is 0 Å². The third kappa shape index (κ3) is 4.36. The van der Waals surface area contributed by atoms with E-state index in [0.717, 1.165) is 34.5 Å². The van der Waals surface area contributed by atoms with Crippen molar-refractivity contribution in [1.29, 1.82) is 5.26 Å². The number of nitriles is 1. The van der Waals surface area contributed by atoms with Crippen LogP contribution in [-0.2, 0) is 4.79 Å². The molecule has 10 nitrogen and oxygen atoms in total. The number of amides is 1. The molecule has 2 aromatic rings. The van der Waals surface area contributed by atoms with E-state index in [-0.39, 0.29) is 5.91 Å². The van der Waals surface area contributed by atoms with Crippen LogP contribution in [0.15, 0.2) is 35.6 Å². The van der Waals surface area contributed by atoms with Crippen molar-refractivity contribution in [1.82, 2.24) is 20.2 Å². The Morgan fingerprint density at radius 2 is 2.09 bits per heavy atom. The van der Waals surface area contributed by atoms with E-state index in [4.69, 9.17) is 0 Å². The van der Waals surface area contributed by atoms with Gasteiger partial charge in [-0.1, -0.05) is 11.3 Å². The highest BCUT2D eigenvalue weighted by Gasteiger charge is 2.32. The maximum Gasteiger partial charge on any atom is 0.298 e. The van der Waals surface area contributed by atoms with Crippen molar-refractivity contribution in [2.75, 3.05) is 48.8 Å². The highest BCUT2D eigenvalue weighted by molar-refractivity contribution is 7.17. The van der Waals surface area contributed by atoms with Gasteiger partial charge >= 0.3 is 0 Å². The van der Waals surface area contributed by atoms with Gasteiger partial charge in [-0.05, 0) is 25.1 Å². The van der Waals surface area contributed by atoms with Gasteiger partial charge in [-0.2, -0.15) is 5.26 Å². The first-order valence-electron chi connectivity index (χ1n) is 10.3. The number of anilines is 3. The lowest BCUT2D eigenvalue weighted by molar-refractivity contribution is -0.129. The van der Waals surface area contributed by atoms with Crippen molar-refractivity contribution in [2.24, 2.45) is 4.99 Å². The maximum absolute atomic E-state index is 11.5. The van der Waals surface area contributed by atoms with E-state index in [1.54, 1.807) is 19.3 Å². The summed E-state index contributed by atoms with van der Waals surface area (Å²) in [6.07, 6.45) is 5.31. The molecule has 0 aromatic carbocycles. The largest absolute Gasteiger partial charge is 0.367 e. The number of pyridine rings is 1. The molecule has 0 spiro atoms. The van der Waals surface area contributed by atoms with Crippen LogP contribution in [0.25, 0.3) is 0 Å². The van der Waals surface area contributed by atoms with Crippen LogP contribution in [0.5, 0.6) is 0 Å². The molecule has 2 aromatic heterocycles. The number of aromatic nitrogens is 2. The Labute approximate surface area is 190 Å². The Balaban J connectivity index is 1.49. The minimum absolute atomic E-state index is 0.105. The van der Waals surface area contributed by atoms with E-state index in [9.17, 15) is 10.1 Å². The molecule has 166 valence electrons. The fourth-order valence-corrected chi connectivity index (χ4v) is 4.51. The summed E-state index contributed by atoms with van der Waals surface area (Å²) in [5, 5.41) is 19.9. The standard InChI is InChI=1S/C21H25N9OS/c1-14-19(32-20(23-3)26-14)17-6-7-25-21(13-22,27-17)28-18-5-4-16(12-24-18)30-10-8-29(9-11-30)15(2)31/h4-7,12,25H,8-11H2,1-3H3,(H,23,26)(H,24,28). The number of aryl methyl sites for hydroxylation is 1. The second-order valence-electron chi connectivity index (χ2n) is 7.50. The van der Waals surface area contributed by atoms with Gasteiger partial charge in [0.05, 0.1) is 28.2 Å². The van der Waals surface area contributed by atoms with Crippen LogP contribution in [0.3, 0.4) is 0 Å². The number of hydrogen-bond donors (Lipinski definition) is 3. The van der Waals surface area contributed by atoms with Gasteiger partial charge in [0.25, 0.3) is 5.79 Å². The van der Waals surface area contributed by atoms with E-state index < -0.39 is 5.79 Å². The molecule has 3 N–H and O–H groups in total. The van der Waals surface area contributed by atoms with Crippen LogP contribution in [0.4, 0.5) is 16.6 Å². The molecular weight excluding hydrogens is 426 g/mol. The minimum Gasteiger partial charge on any atom is -0.367 e. The third-order valence-corrected chi connectivity index (χ3v) is 6.57. The van der Waals surface area contributed by atoms with Crippen molar-refractivity contribution in [2.45, 2.75) is 19.6 Å². The molecule has 0 radical (unpaired) electrons. The first-order valence-corrected chi connectivity index (χ1v) is 11.1. The Bertz CT molecular complexity index is 1090. The Morgan fingerprint density at radius 3 is 2.69 bits per heavy atom. The predicted octanol–water partition coefficient (Wildman–Crippen LogP) is 1.75. The van der Waals surface area contributed by atoms with Crippen molar-refractivity contribution in [3.8, 4) is 6.07 Å². The molecule has 4 rings (SSSR count). The number of carbonyl (C=O) groups is 1. The van der Waals surface area contributed by atoms with Crippen LogP contribution in [0.2, 0.25) is 0 Å². The number of hydrogen-bond acceptors (Lipinski definition) is 10. The van der Waals surface area contributed by atoms with Crippen molar-refractivity contribution < 1.29 is 4.79 Å². The van der Waals surface area contributed by atoms with Crippen LogP contribution in [-0.4, -0.2) is 65.5 Å². The second kappa shape index (κ2) is 8.84. The fraction of sp³-hybridized carbons (Fsp3) is 0.381. The van der Waals surface area contributed by atoms with E-state index in [2.05, 4.69) is 41.9 Å². The summed E-state index contributed by atoms with van der Waals surface area (Å²) >= 11 is 1.49. The quantitative estimate of drug-likeness (QED) is 0.629. The number of thiazole rings is 1. The topological polar surface area (TPSA) is 122 Å². The third-order valence-electron chi connectivity index (χ3n) is 5.37. The molecule has 1 fully saturated rings. The number of nitrogens with one attached hydrogen (secondary N) is 3. The molecule has 1 unspecified atom stereocenters. The summed E-state index contributed by atoms with van der Waals surface area (Å²) in [6.45, 7) is 6.45. The second-order valence-corrected chi connectivity index (χ2v) is 8.50. The zero-order valence-corrected chi connectivity index (χ0v) is 19.0. The number of aliphatic imine (C=N–C) groups is 1. The van der Waals surface area contributed by atoms with Crippen molar-refractivity contribution in [3.63, 3.8) is 0 Å². The van der Waals surface area contributed by atoms with Crippen LogP contribution < -0.4 is 20.9 Å². The molecule has 2 aliphatic rings. The molecule has 2 aliphatic heterocycles. The monoisotopic (exact) mass is 451 g/mol. The van der Waals surface area contributed by atoms with E-state index in [0.29, 0.717) is 24.6 Å². The van der Waals surface area contributed by atoms with Crippen molar-refractivity contribution in [3.05, 3.63) is 41.2 Å². The summed E-state index contributed by atoms with van der Waals surface area (Å²) in [4.78, 5) is 30.1. The smallest absolute Gasteiger partial charge is 0.298 e. The Morgan fingerprint density at radius 1 is 1.31 bits per heavy atom. The molecular formula is C21H25N9OS. The maximum atomic E-state index is 11.5. The minimum atomic E-state index is -1.37. The van der Waals surface area contributed by atoms with Crippen LogP contribution >= 0.6 is 11.3 Å². The zero-order valence-electron chi connectivity index (χ0n) is 18.2. The highest BCUT2D eigenvalue weighted by Crippen LogP contribution is 2.26. The van der Waals surface area contributed by atoms with Crippen LogP contribution in [0.1, 0.15) is 17.5 Å². The Kier molecular flexibility index (Phi) is 5.96. The normalized spacial score (nSPS) is 20.2. The van der Waals surface area contributed by atoms with E-state index in [1.165, 1.54) is 11.3 Å². The average molecular weight is 452 g/mol. The van der Waals surface area contributed by atoms with E-state index in [1.807, 2.05) is 37.1 Å². The first-order chi connectivity index (χ1) is 15.4. The number of nitrogens with zero attached hydrogens (tertiary/aromatic N) is 6. The van der Waals surface area contributed by atoms with Gasteiger partial charge in [0.1, 0.15) is 11.9 Å². The number of carbonyl (C=O) groups excluding carboxylic acids is 1. The summed E-state index contributed by atoms with van der Waals surface area (Å²) in [6, 6.07) is 6.01. The number of piperazine rings is 1. The molecule has 32 heavy (non-hydrogen) atoms. The fourth-order valence-electron chi connectivity index (χ4n) is 3.62. The highest BCUT2D eigenvalue weighted by atomic mass is 32.1. The summed E-state index contributed by atoms with van der Waals surface area (Å²) in [5.41, 5.74) is 2.50. The van der Waals surface area contributed by atoms with Gasteiger partial charge in [0.2, 0.25) is 5.91 Å². The van der Waals surface area contributed by atoms with Gasteiger partial charge < -0.3 is 25.8 Å². The lowest BCUT2D eigenvalue weighted by Crippen LogP contribution is -2.49. The zero-order chi connectivity index (χ0) is 22.7. The summed E-state index contributed by atoms with van der Waals surface area (Å²) in [7, 11) is 1.82. The average Bonchev–Trinajstić information content (AvgIpc) is 3.20. The van der Waals surface area contributed by atoms with Gasteiger partial charge in [-0.3, -0.25) is 4.79 Å². The number of rotatable bonds is 5. The summed E-state index contributed by atoms with van der Waals surface area (Å²) in [5.74, 6) is -0.739. The molecule has 0 aliphatic carbocycles. The SMILES string of the molecule is CNc1nc(C)c(C2=NC(C#N)(Nc3ccc(N4CCN(C(C)=O)CC4)cn3)NC=C2)s1. The Hall–Kier alpha value is -3.65. The molecule has 4 heterocycles. The van der Waals surface area contributed by atoms with Gasteiger partial charge in [-0.15, -0.1) is 0 Å². The number of allylic oxidation sites excluding steroid dienone is 1.